The molecule has 0 spiro atoms. The summed E-state index contributed by atoms with van der Waals surface area (Å²) in [5, 5.41) is 14.6. The second kappa shape index (κ2) is 9.28. The molecule has 2 fully saturated rings. The molecule has 1 amide bonds. The maximum absolute atomic E-state index is 12.3. The number of anilines is 1. The quantitative estimate of drug-likeness (QED) is 0.772. The molecule has 1 aromatic heterocycles. The van der Waals surface area contributed by atoms with Crippen molar-refractivity contribution in [1.82, 2.24) is 20.4 Å². The molecule has 0 bridgehead atoms. The number of nitrogens with one attached hydrogen (secondary N) is 2. The summed E-state index contributed by atoms with van der Waals surface area (Å²) in [7, 11) is 0. The van der Waals surface area contributed by atoms with Gasteiger partial charge in [-0.2, -0.15) is 0 Å². The van der Waals surface area contributed by atoms with E-state index in [1.54, 1.807) is 6.07 Å². The Hall–Kier alpha value is -1.73. The third kappa shape index (κ3) is 5.38. The van der Waals surface area contributed by atoms with Gasteiger partial charge in [0.2, 0.25) is 0 Å². The van der Waals surface area contributed by atoms with E-state index >= 15 is 0 Å². The number of likely N-dealkylation sites (tertiary alicyclic amines) is 1. The van der Waals surface area contributed by atoms with Gasteiger partial charge in [-0.25, -0.2) is 0 Å². The Balaban J connectivity index is 1.47. The summed E-state index contributed by atoms with van der Waals surface area (Å²) in [6.45, 7) is 9.12. The summed E-state index contributed by atoms with van der Waals surface area (Å²) in [5.74, 6) is 1.25. The predicted molar refractivity (Wildman–Crippen MR) is 101 cm³/mol. The molecule has 3 rings (SSSR count). The molecule has 1 aromatic rings. The Kier molecular flexibility index (Phi) is 6.80. The lowest BCUT2D eigenvalue weighted by Gasteiger charge is -2.26. The summed E-state index contributed by atoms with van der Waals surface area (Å²) in [6, 6.07) is 4.30. The third-order valence-corrected chi connectivity index (χ3v) is 5.07. The molecule has 7 heteroatoms. The maximum Gasteiger partial charge on any atom is 0.272 e. The molecule has 0 aromatic carbocycles. The summed E-state index contributed by atoms with van der Waals surface area (Å²) >= 11 is 0. The minimum Gasteiger partial charge on any atom is -0.381 e. The van der Waals surface area contributed by atoms with Crippen molar-refractivity contribution in [3.05, 3.63) is 17.8 Å². The molecule has 2 aliphatic rings. The molecule has 2 aliphatic heterocycles. The number of carbonyl (C=O) groups excluding carboxylic acids is 1. The number of ether oxygens (including phenoxy) is 1. The first kappa shape index (κ1) is 19.0. The average Bonchev–Trinajstić information content (AvgIpc) is 3.07. The van der Waals surface area contributed by atoms with Crippen LogP contribution in [0.5, 0.6) is 0 Å². The number of amides is 1. The van der Waals surface area contributed by atoms with Gasteiger partial charge in [0.05, 0.1) is 0 Å². The minimum absolute atomic E-state index is 0.158. The van der Waals surface area contributed by atoms with E-state index in [1.807, 2.05) is 6.07 Å². The molecule has 2 N–H and O–H groups in total. The van der Waals surface area contributed by atoms with Crippen molar-refractivity contribution in [2.24, 2.45) is 5.92 Å². The van der Waals surface area contributed by atoms with Gasteiger partial charge in [0.1, 0.15) is 5.82 Å². The van der Waals surface area contributed by atoms with Gasteiger partial charge in [-0.3, -0.25) is 9.69 Å². The van der Waals surface area contributed by atoms with Crippen LogP contribution in [0.1, 0.15) is 50.0 Å². The van der Waals surface area contributed by atoms with Crippen LogP contribution in [0, 0.1) is 5.92 Å². The number of carbonyl (C=O) groups is 1. The molecular weight excluding hydrogens is 330 g/mol. The van der Waals surface area contributed by atoms with Gasteiger partial charge < -0.3 is 15.4 Å². The van der Waals surface area contributed by atoms with Crippen LogP contribution >= 0.6 is 0 Å². The topological polar surface area (TPSA) is 79.4 Å². The molecule has 144 valence electrons. The van der Waals surface area contributed by atoms with Crippen molar-refractivity contribution < 1.29 is 9.53 Å². The summed E-state index contributed by atoms with van der Waals surface area (Å²) in [4.78, 5) is 14.8. The van der Waals surface area contributed by atoms with Crippen molar-refractivity contribution in [2.75, 3.05) is 38.2 Å². The first-order valence-electron chi connectivity index (χ1n) is 9.82. The molecule has 0 aliphatic carbocycles. The molecule has 7 nitrogen and oxygen atoms in total. The van der Waals surface area contributed by atoms with Crippen LogP contribution in [-0.4, -0.2) is 65.9 Å². The van der Waals surface area contributed by atoms with Crippen LogP contribution in [0.15, 0.2) is 12.1 Å². The summed E-state index contributed by atoms with van der Waals surface area (Å²) in [5.41, 5.74) is 0.365. The molecule has 2 saturated heterocycles. The number of rotatable bonds is 7. The molecule has 3 heterocycles. The molecule has 26 heavy (non-hydrogen) atoms. The lowest BCUT2D eigenvalue weighted by molar-refractivity contribution is 0.0693. The maximum atomic E-state index is 12.3. The first-order valence-corrected chi connectivity index (χ1v) is 9.82. The Labute approximate surface area is 155 Å². The van der Waals surface area contributed by atoms with E-state index in [9.17, 15) is 4.79 Å². The van der Waals surface area contributed by atoms with Crippen LogP contribution in [0.25, 0.3) is 0 Å². The zero-order valence-corrected chi connectivity index (χ0v) is 15.9. The number of hydrogen-bond donors (Lipinski definition) is 2. The third-order valence-electron chi connectivity index (χ3n) is 5.07. The Morgan fingerprint density at radius 3 is 2.77 bits per heavy atom. The van der Waals surface area contributed by atoms with Gasteiger partial charge in [-0.05, 0) is 50.3 Å². The molecule has 1 atom stereocenters. The Bertz CT molecular complexity index is 572. The molecule has 0 saturated carbocycles. The van der Waals surface area contributed by atoms with Gasteiger partial charge in [0.15, 0.2) is 5.69 Å². The van der Waals surface area contributed by atoms with Crippen LogP contribution in [0.3, 0.4) is 0 Å². The highest BCUT2D eigenvalue weighted by Gasteiger charge is 2.24. The largest absolute Gasteiger partial charge is 0.381 e. The smallest absolute Gasteiger partial charge is 0.272 e. The highest BCUT2D eigenvalue weighted by Crippen LogP contribution is 2.19. The van der Waals surface area contributed by atoms with Crippen molar-refractivity contribution in [3.8, 4) is 0 Å². The second-order valence-corrected chi connectivity index (χ2v) is 7.73. The monoisotopic (exact) mass is 361 g/mol. The lowest BCUT2D eigenvalue weighted by Crippen LogP contribution is -2.39. The van der Waals surface area contributed by atoms with Gasteiger partial charge in [-0.15, -0.1) is 10.2 Å². The van der Waals surface area contributed by atoms with E-state index < -0.39 is 0 Å². The van der Waals surface area contributed by atoms with E-state index in [2.05, 4.69) is 39.6 Å². The molecular formula is C19H31N5O2. The lowest BCUT2D eigenvalue weighted by atomic mass is 10.1. The van der Waals surface area contributed by atoms with Crippen molar-refractivity contribution in [3.63, 3.8) is 0 Å². The highest BCUT2D eigenvalue weighted by molar-refractivity contribution is 5.92. The SMILES string of the molecule is CC(C)CN1CCC[C@@H]1CNc1ccc(C(=O)NC2CCOCC2)nn1. The number of nitrogens with zero attached hydrogens (tertiary/aromatic N) is 3. The van der Waals surface area contributed by atoms with Crippen molar-refractivity contribution in [2.45, 2.75) is 51.6 Å². The summed E-state index contributed by atoms with van der Waals surface area (Å²) < 4.78 is 5.31. The van der Waals surface area contributed by atoms with Crippen LogP contribution in [0.4, 0.5) is 5.82 Å². The van der Waals surface area contributed by atoms with E-state index in [0.29, 0.717) is 30.9 Å². The van der Waals surface area contributed by atoms with Crippen LogP contribution in [0.2, 0.25) is 0 Å². The van der Waals surface area contributed by atoms with Crippen LogP contribution < -0.4 is 10.6 Å². The first-order chi connectivity index (χ1) is 12.6. The fourth-order valence-corrected chi connectivity index (χ4v) is 3.71. The average molecular weight is 361 g/mol. The summed E-state index contributed by atoms with van der Waals surface area (Å²) in [6.07, 6.45) is 4.19. The zero-order chi connectivity index (χ0) is 18.4. The van der Waals surface area contributed by atoms with Gasteiger partial charge in [0.25, 0.3) is 5.91 Å². The number of hydrogen-bond acceptors (Lipinski definition) is 6. The number of aromatic nitrogens is 2. The van der Waals surface area contributed by atoms with Gasteiger partial charge in [-0.1, -0.05) is 13.8 Å². The fourth-order valence-electron chi connectivity index (χ4n) is 3.71. The van der Waals surface area contributed by atoms with Crippen LogP contribution in [-0.2, 0) is 4.74 Å². The molecule has 0 radical (unpaired) electrons. The van der Waals surface area contributed by atoms with E-state index in [0.717, 1.165) is 31.7 Å². The van der Waals surface area contributed by atoms with E-state index in [4.69, 9.17) is 4.74 Å². The second-order valence-electron chi connectivity index (χ2n) is 7.73. The van der Waals surface area contributed by atoms with Gasteiger partial charge in [0, 0.05) is 38.4 Å². The minimum atomic E-state index is -0.158. The predicted octanol–water partition coefficient (Wildman–Crippen LogP) is 1.92. The van der Waals surface area contributed by atoms with Crippen molar-refractivity contribution >= 4 is 11.7 Å². The normalized spacial score (nSPS) is 21.9. The highest BCUT2D eigenvalue weighted by atomic mass is 16.5. The zero-order valence-electron chi connectivity index (χ0n) is 15.9. The fraction of sp³-hybridized carbons (Fsp3) is 0.737. The Morgan fingerprint density at radius 1 is 1.27 bits per heavy atom. The van der Waals surface area contributed by atoms with E-state index in [-0.39, 0.29) is 11.9 Å². The van der Waals surface area contributed by atoms with E-state index in [1.165, 1.54) is 19.4 Å². The molecule has 0 unspecified atom stereocenters. The Morgan fingerprint density at radius 2 is 2.08 bits per heavy atom. The van der Waals surface area contributed by atoms with Gasteiger partial charge >= 0.3 is 0 Å². The standard InChI is InChI=1S/C19H31N5O2/c1-14(2)13-24-9-3-4-16(24)12-20-18-6-5-17(22-23-18)19(25)21-15-7-10-26-11-8-15/h5-6,14-16H,3-4,7-13H2,1-2H3,(H,20,23)(H,21,25)/t16-/m1/s1. The van der Waals surface area contributed by atoms with Crippen molar-refractivity contribution in [1.29, 1.82) is 0 Å².